The van der Waals surface area contributed by atoms with Gasteiger partial charge in [-0.2, -0.15) is 5.10 Å². The highest BCUT2D eigenvalue weighted by Gasteiger charge is 2.04. The fraction of sp³-hybridized carbons (Fsp3) is 0.111. The van der Waals surface area contributed by atoms with Gasteiger partial charge in [-0.3, -0.25) is 0 Å². The van der Waals surface area contributed by atoms with Crippen LogP contribution in [-0.2, 0) is 7.05 Å². The molecule has 23 heavy (non-hydrogen) atoms. The van der Waals surface area contributed by atoms with Crippen molar-refractivity contribution in [1.29, 1.82) is 0 Å². The van der Waals surface area contributed by atoms with Gasteiger partial charge >= 0.3 is 0 Å². The van der Waals surface area contributed by atoms with E-state index in [9.17, 15) is 0 Å². The van der Waals surface area contributed by atoms with Crippen molar-refractivity contribution in [2.24, 2.45) is 17.3 Å². The van der Waals surface area contributed by atoms with E-state index in [-0.39, 0.29) is 0 Å². The summed E-state index contributed by atoms with van der Waals surface area (Å²) in [7, 11) is 1.99. The first-order valence-electron chi connectivity index (χ1n) is 7.19. The molecule has 0 saturated heterocycles. The van der Waals surface area contributed by atoms with E-state index >= 15 is 0 Å². The van der Waals surface area contributed by atoms with Crippen LogP contribution in [0.1, 0.15) is 12.5 Å². The van der Waals surface area contributed by atoms with Crippen LogP contribution in [0.25, 0.3) is 11.3 Å². The molecule has 116 valence electrons. The van der Waals surface area contributed by atoms with Crippen molar-refractivity contribution in [3.05, 3.63) is 75.4 Å². The number of thiazole rings is 1. The van der Waals surface area contributed by atoms with Gasteiger partial charge in [-0.15, -0.1) is 16.4 Å². The quantitative estimate of drug-likeness (QED) is 0.487. The number of aromatic nitrogens is 1. The molecule has 0 bridgehead atoms. The molecular formula is C18H16ClN3S. The summed E-state index contributed by atoms with van der Waals surface area (Å²) < 4.78 is 2.04. The molecule has 0 aliphatic heterocycles. The molecular weight excluding hydrogens is 326 g/mol. The van der Waals surface area contributed by atoms with Crippen molar-refractivity contribution in [1.82, 2.24) is 4.57 Å². The predicted molar refractivity (Wildman–Crippen MR) is 98.0 cm³/mol. The lowest BCUT2D eigenvalue weighted by Crippen LogP contribution is -2.11. The average Bonchev–Trinajstić information content (AvgIpc) is 2.95. The van der Waals surface area contributed by atoms with E-state index in [0.717, 1.165) is 32.4 Å². The first kappa shape index (κ1) is 15.7. The molecule has 3 aromatic rings. The molecule has 0 aliphatic carbocycles. The molecule has 0 amide bonds. The van der Waals surface area contributed by atoms with Gasteiger partial charge in [0, 0.05) is 17.5 Å². The van der Waals surface area contributed by atoms with Gasteiger partial charge < -0.3 is 4.57 Å². The third kappa shape index (κ3) is 3.60. The zero-order valence-electron chi connectivity index (χ0n) is 12.9. The molecule has 0 saturated carbocycles. The highest BCUT2D eigenvalue weighted by atomic mass is 35.5. The molecule has 1 aromatic heterocycles. The minimum absolute atomic E-state index is 0.736. The summed E-state index contributed by atoms with van der Waals surface area (Å²) in [6, 6.07) is 17.8. The Kier molecular flexibility index (Phi) is 4.74. The molecule has 5 heteroatoms. The summed E-state index contributed by atoms with van der Waals surface area (Å²) >= 11 is 7.52. The number of rotatable bonds is 3. The maximum Gasteiger partial charge on any atom is 0.210 e. The van der Waals surface area contributed by atoms with E-state index in [1.165, 1.54) is 0 Å². The maximum absolute atomic E-state index is 5.95. The largest absolute Gasteiger partial charge is 0.318 e. The summed E-state index contributed by atoms with van der Waals surface area (Å²) in [6.07, 6.45) is 0. The number of nitrogens with zero attached hydrogens (tertiary/aromatic N) is 3. The Balaban J connectivity index is 1.94. The second-order valence-electron chi connectivity index (χ2n) is 5.12. The lowest BCUT2D eigenvalue weighted by Gasteiger charge is -2.02. The Labute approximate surface area is 144 Å². The van der Waals surface area contributed by atoms with E-state index in [0.29, 0.717) is 0 Å². The highest BCUT2D eigenvalue weighted by Crippen LogP contribution is 2.21. The molecule has 0 atom stereocenters. The van der Waals surface area contributed by atoms with E-state index in [4.69, 9.17) is 11.6 Å². The van der Waals surface area contributed by atoms with Crippen LogP contribution < -0.4 is 4.80 Å². The van der Waals surface area contributed by atoms with Gasteiger partial charge in [0.1, 0.15) is 0 Å². The Morgan fingerprint density at radius 3 is 2.43 bits per heavy atom. The van der Waals surface area contributed by atoms with Crippen LogP contribution in [0.5, 0.6) is 0 Å². The van der Waals surface area contributed by atoms with Gasteiger partial charge in [-0.25, -0.2) is 0 Å². The van der Waals surface area contributed by atoms with E-state index in [1.54, 1.807) is 11.3 Å². The molecule has 0 unspecified atom stereocenters. The fourth-order valence-electron chi connectivity index (χ4n) is 2.20. The minimum Gasteiger partial charge on any atom is -0.318 e. The van der Waals surface area contributed by atoms with Gasteiger partial charge in [0.2, 0.25) is 4.80 Å². The van der Waals surface area contributed by atoms with Crippen LogP contribution in [-0.4, -0.2) is 10.3 Å². The summed E-state index contributed by atoms with van der Waals surface area (Å²) in [4.78, 5) is 0.852. The van der Waals surface area contributed by atoms with E-state index < -0.39 is 0 Å². The molecule has 0 radical (unpaired) electrons. The Morgan fingerprint density at radius 1 is 1.04 bits per heavy atom. The summed E-state index contributed by atoms with van der Waals surface area (Å²) in [5, 5.41) is 11.6. The van der Waals surface area contributed by atoms with Crippen molar-refractivity contribution in [3.8, 4) is 11.3 Å². The number of halogens is 1. The van der Waals surface area contributed by atoms with Crippen molar-refractivity contribution >= 4 is 28.6 Å². The third-order valence-corrected chi connectivity index (χ3v) is 4.70. The van der Waals surface area contributed by atoms with Crippen LogP contribution in [0.2, 0.25) is 5.02 Å². The fourth-order valence-corrected chi connectivity index (χ4v) is 3.18. The Hall–Kier alpha value is -2.17. The summed E-state index contributed by atoms with van der Waals surface area (Å²) in [5.41, 5.74) is 4.18. The van der Waals surface area contributed by atoms with Crippen LogP contribution in [0, 0.1) is 0 Å². The van der Waals surface area contributed by atoms with Gasteiger partial charge in [0.05, 0.1) is 11.4 Å². The van der Waals surface area contributed by atoms with Crippen molar-refractivity contribution in [3.63, 3.8) is 0 Å². The maximum atomic E-state index is 5.95. The predicted octanol–water partition coefficient (Wildman–Crippen LogP) is 4.73. The topological polar surface area (TPSA) is 29.6 Å². The monoisotopic (exact) mass is 341 g/mol. The number of benzene rings is 2. The Morgan fingerprint density at radius 2 is 1.74 bits per heavy atom. The Bertz CT molecular complexity index is 890. The first-order chi connectivity index (χ1) is 11.1. The molecule has 3 nitrogen and oxygen atoms in total. The van der Waals surface area contributed by atoms with E-state index in [2.05, 4.69) is 15.6 Å². The van der Waals surface area contributed by atoms with Crippen molar-refractivity contribution < 1.29 is 0 Å². The molecule has 0 aliphatic rings. The summed E-state index contributed by atoms with van der Waals surface area (Å²) in [6.45, 7) is 1.96. The minimum atomic E-state index is 0.736. The van der Waals surface area contributed by atoms with Crippen LogP contribution >= 0.6 is 22.9 Å². The smallest absolute Gasteiger partial charge is 0.210 e. The third-order valence-electron chi connectivity index (χ3n) is 3.54. The number of hydrogen-bond acceptors (Lipinski definition) is 3. The van der Waals surface area contributed by atoms with Crippen molar-refractivity contribution in [2.45, 2.75) is 6.92 Å². The molecule has 0 spiro atoms. The van der Waals surface area contributed by atoms with Gasteiger partial charge in [0.25, 0.3) is 0 Å². The van der Waals surface area contributed by atoms with Crippen LogP contribution in [0.15, 0.2) is 70.2 Å². The molecule has 3 rings (SSSR count). The average molecular weight is 342 g/mol. The SMILES string of the molecule is C/C(=N\N=c1\scc(-c2ccc(Cl)cc2)n1C)c1ccccc1. The normalized spacial score (nSPS) is 12.7. The zero-order chi connectivity index (χ0) is 16.2. The van der Waals surface area contributed by atoms with E-state index in [1.807, 2.05) is 73.1 Å². The lowest BCUT2D eigenvalue weighted by molar-refractivity contribution is 0.863. The molecule has 2 aromatic carbocycles. The van der Waals surface area contributed by atoms with Gasteiger partial charge in [0.15, 0.2) is 0 Å². The van der Waals surface area contributed by atoms with Crippen LogP contribution in [0.3, 0.4) is 0 Å². The summed E-state index contributed by atoms with van der Waals surface area (Å²) in [5.74, 6) is 0. The lowest BCUT2D eigenvalue weighted by atomic mass is 10.1. The van der Waals surface area contributed by atoms with Gasteiger partial charge in [-0.05, 0) is 30.2 Å². The highest BCUT2D eigenvalue weighted by molar-refractivity contribution is 7.07. The molecule has 0 fully saturated rings. The standard InChI is InChI=1S/C18H16ClN3S/c1-13(14-6-4-3-5-7-14)20-21-18-22(2)17(12-23-18)15-8-10-16(19)11-9-15/h3-12H,1-2H3/b20-13+,21-18+. The first-order valence-corrected chi connectivity index (χ1v) is 8.45. The molecule has 1 heterocycles. The van der Waals surface area contributed by atoms with Gasteiger partial charge in [-0.1, -0.05) is 54.1 Å². The second-order valence-corrected chi connectivity index (χ2v) is 6.39. The second kappa shape index (κ2) is 6.94. The zero-order valence-corrected chi connectivity index (χ0v) is 14.5. The number of hydrogen-bond donors (Lipinski definition) is 0. The molecule has 0 N–H and O–H groups in total. The van der Waals surface area contributed by atoms with Crippen LogP contribution in [0.4, 0.5) is 0 Å². The van der Waals surface area contributed by atoms with Crippen molar-refractivity contribution in [2.75, 3.05) is 0 Å².